The lowest BCUT2D eigenvalue weighted by molar-refractivity contribution is 0.378. The fraction of sp³-hybridized carbons (Fsp3) is 0.417. The fourth-order valence-corrected chi connectivity index (χ4v) is 2.88. The van der Waals surface area contributed by atoms with Crippen molar-refractivity contribution in [2.24, 2.45) is 0 Å². The fourth-order valence-electron chi connectivity index (χ4n) is 2.53. The van der Waals surface area contributed by atoms with Gasteiger partial charge in [0, 0.05) is 10.5 Å². The lowest BCUT2D eigenvalue weighted by atomic mass is 10.1. The van der Waals surface area contributed by atoms with Crippen LogP contribution in [0.2, 0.25) is 0 Å². The maximum Gasteiger partial charge on any atom is 0.201 e. The van der Waals surface area contributed by atoms with Gasteiger partial charge in [0.05, 0.1) is 11.0 Å². The Hall–Kier alpha value is -1.07. The number of imidazole rings is 1. The van der Waals surface area contributed by atoms with Crippen LogP contribution in [0.25, 0.3) is 11.0 Å². The smallest absolute Gasteiger partial charge is 0.201 e. The molecule has 4 nitrogen and oxygen atoms in total. The molecule has 0 bridgehead atoms. The first-order chi connectivity index (χ1) is 8.25. The van der Waals surface area contributed by atoms with E-state index in [0.717, 1.165) is 41.4 Å². The topological polar surface area (TPSA) is 55.9 Å². The molecule has 2 heterocycles. The van der Waals surface area contributed by atoms with Crippen molar-refractivity contribution in [3.63, 3.8) is 0 Å². The Morgan fingerprint density at radius 2 is 2.12 bits per heavy atom. The molecule has 0 amide bonds. The van der Waals surface area contributed by atoms with Crippen LogP contribution in [0.15, 0.2) is 22.7 Å². The molecule has 17 heavy (non-hydrogen) atoms. The molecular formula is C12H15BrN4. The van der Waals surface area contributed by atoms with Crippen molar-refractivity contribution in [3.05, 3.63) is 22.7 Å². The summed E-state index contributed by atoms with van der Waals surface area (Å²) >= 11 is 3.51. The average molecular weight is 295 g/mol. The van der Waals surface area contributed by atoms with E-state index in [-0.39, 0.29) is 0 Å². The number of nitrogens with two attached hydrogens (primary N) is 1. The summed E-state index contributed by atoms with van der Waals surface area (Å²) in [5.41, 5.74) is 8.16. The van der Waals surface area contributed by atoms with E-state index in [1.165, 1.54) is 0 Å². The highest BCUT2D eigenvalue weighted by molar-refractivity contribution is 9.10. The van der Waals surface area contributed by atoms with Crippen LogP contribution in [0.1, 0.15) is 18.9 Å². The minimum Gasteiger partial charge on any atom is -0.369 e. The van der Waals surface area contributed by atoms with Crippen molar-refractivity contribution >= 4 is 32.9 Å². The normalized spacial score (nSPS) is 17.7. The van der Waals surface area contributed by atoms with Crippen LogP contribution in [-0.4, -0.2) is 22.6 Å². The van der Waals surface area contributed by atoms with Gasteiger partial charge in [-0.2, -0.15) is 0 Å². The molecule has 5 heteroatoms. The van der Waals surface area contributed by atoms with E-state index in [9.17, 15) is 0 Å². The Morgan fingerprint density at radius 1 is 1.35 bits per heavy atom. The number of hydrogen-bond donors (Lipinski definition) is 2. The van der Waals surface area contributed by atoms with Gasteiger partial charge in [-0.05, 0) is 44.1 Å². The number of fused-ring (bicyclic) bond motifs is 1. The van der Waals surface area contributed by atoms with Gasteiger partial charge in [-0.1, -0.05) is 15.9 Å². The molecule has 0 atom stereocenters. The SMILES string of the molecule is Nc1nc2ccc(Br)cc2n1C1CCNCC1. The predicted octanol–water partition coefficient (Wildman–Crippen LogP) is 2.31. The number of nitrogens with zero attached hydrogens (tertiary/aromatic N) is 2. The number of halogens is 1. The van der Waals surface area contributed by atoms with Gasteiger partial charge in [-0.15, -0.1) is 0 Å². The van der Waals surface area contributed by atoms with E-state index < -0.39 is 0 Å². The van der Waals surface area contributed by atoms with Gasteiger partial charge in [-0.25, -0.2) is 4.98 Å². The van der Waals surface area contributed by atoms with E-state index in [4.69, 9.17) is 5.73 Å². The van der Waals surface area contributed by atoms with Crippen LogP contribution in [0.3, 0.4) is 0 Å². The molecule has 3 rings (SSSR count). The number of nitrogens with one attached hydrogen (secondary N) is 1. The average Bonchev–Trinajstić information content (AvgIpc) is 2.65. The van der Waals surface area contributed by atoms with Crippen LogP contribution >= 0.6 is 15.9 Å². The maximum absolute atomic E-state index is 6.05. The van der Waals surface area contributed by atoms with E-state index in [1.807, 2.05) is 12.1 Å². The predicted molar refractivity (Wildman–Crippen MR) is 73.0 cm³/mol. The molecule has 3 N–H and O–H groups in total. The zero-order valence-electron chi connectivity index (χ0n) is 9.49. The van der Waals surface area contributed by atoms with Gasteiger partial charge < -0.3 is 15.6 Å². The van der Waals surface area contributed by atoms with Crippen molar-refractivity contribution in [2.45, 2.75) is 18.9 Å². The van der Waals surface area contributed by atoms with E-state index >= 15 is 0 Å². The third-order valence-electron chi connectivity index (χ3n) is 3.35. The number of anilines is 1. The summed E-state index contributed by atoms with van der Waals surface area (Å²) in [6, 6.07) is 6.57. The zero-order chi connectivity index (χ0) is 11.8. The Kier molecular flexibility index (Phi) is 2.80. The first kappa shape index (κ1) is 11.0. The second-order valence-corrected chi connectivity index (χ2v) is 5.37. The Labute approximate surface area is 108 Å². The molecular weight excluding hydrogens is 280 g/mol. The Bertz CT molecular complexity index is 543. The summed E-state index contributed by atoms with van der Waals surface area (Å²) in [5.74, 6) is 0.630. The van der Waals surface area contributed by atoms with E-state index in [1.54, 1.807) is 0 Å². The summed E-state index contributed by atoms with van der Waals surface area (Å²) in [5, 5.41) is 3.37. The summed E-state index contributed by atoms with van der Waals surface area (Å²) in [4.78, 5) is 4.43. The van der Waals surface area contributed by atoms with Crippen molar-refractivity contribution < 1.29 is 0 Å². The number of piperidine rings is 1. The quantitative estimate of drug-likeness (QED) is 0.849. The Balaban J connectivity index is 2.13. The molecule has 1 fully saturated rings. The third kappa shape index (κ3) is 1.93. The lowest BCUT2D eigenvalue weighted by Crippen LogP contribution is -2.29. The van der Waals surface area contributed by atoms with Gasteiger partial charge in [0.25, 0.3) is 0 Å². The molecule has 1 aromatic carbocycles. The largest absolute Gasteiger partial charge is 0.369 e. The molecule has 0 unspecified atom stereocenters. The molecule has 1 aliphatic heterocycles. The van der Waals surface area contributed by atoms with Crippen LogP contribution < -0.4 is 11.1 Å². The molecule has 0 aliphatic carbocycles. The summed E-state index contributed by atoms with van der Waals surface area (Å²) in [6.07, 6.45) is 2.23. The van der Waals surface area contributed by atoms with Crippen molar-refractivity contribution in [3.8, 4) is 0 Å². The molecule has 1 aliphatic rings. The molecule has 2 aromatic rings. The highest BCUT2D eigenvalue weighted by atomic mass is 79.9. The third-order valence-corrected chi connectivity index (χ3v) is 3.85. The van der Waals surface area contributed by atoms with Gasteiger partial charge in [0.1, 0.15) is 0 Å². The molecule has 0 spiro atoms. The number of rotatable bonds is 1. The second-order valence-electron chi connectivity index (χ2n) is 4.45. The number of aromatic nitrogens is 2. The number of benzene rings is 1. The maximum atomic E-state index is 6.05. The van der Waals surface area contributed by atoms with E-state index in [0.29, 0.717) is 12.0 Å². The number of hydrogen-bond acceptors (Lipinski definition) is 3. The number of nitrogen functional groups attached to an aromatic ring is 1. The van der Waals surface area contributed by atoms with Crippen molar-refractivity contribution in [2.75, 3.05) is 18.8 Å². The van der Waals surface area contributed by atoms with Gasteiger partial charge in [0.2, 0.25) is 5.95 Å². The minimum atomic E-state index is 0.468. The highest BCUT2D eigenvalue weighted by Crippen LogP contribution is 2.29. The van der Waals surface area contributed by atoms with Crippen molar-refractivity contribution in [1.29, 1.82) is 0 Å². The van der Waals surface area contributed by atoms with Gasteiger partial charge in [-0.3, -0.25) is 0 Å². The first-order valence-electron chi connectivity index (χ1n) is 5.89. The van der Waals surface area contributed by atoms with Crippen LogP contribution in [0, 0.1) is 0 Å². The summed E-state index contributed by atoms with van der Waals surface area (Å²) in [7, 11) is 0. The molecule has 0 saturated carbocycles. The van der Waals surface area contributed by atoms with Crippen molar-refractivity contribution in [1.82, 2.24) is 14.9 Å². The zero-order valence-corrected chi connectivity index (χ0v) is 11.1. The standard InChI is InChI=1S/C12H15BrN4/c13-8-1-2-10-11(7-8)17(12(14)16-10)9-3-5-15-6-4-9/h1-2,7,9,15H,3-6H2,(H2,14,16). The summed E-state index contributed by atoms with van der Waals surface area (Å²) in [6.45, 7) is 2.11. The van der Waals surface area contributed by atoms with Crippen LogP contribution in [0.5, 0.6) is 0 Å². The van der Waals surface area contributed by atoms with Crippen LogP contribution in [0.4, 0.5) is 5.95 Å². The van der Waals surface area contributed by atoms with Crippen LogP contribution in [-0.2, 0) is 0 Å². The first-order valence-corrected chi connectivity index (χ1v) is 6.68. The molecule has 0 radical (unpaired) electrons. The monoisotopic (exact) mass is 294 g/mol. The Morgan fingerprint density at radius 3 is 2.88 bits per heavy atom. The molecule has 1 aromatic heterocycles. The van der Waals surface area contributed by atoms with Gasteiger partial charge in [0.15, 0.2) is 0 Å². The second kappa shape index (κ2) is 4.31. The molecule has 1 saturated heterocycles. The van der Waals surface area contributed by atoms with E-state index in [2.05, 4.69) is 36.9 Å². The summed E-state index contributed by atoms with van der Waals surface area (Å²) < 4.78 is 3.25. The molecule has 90 valence electrons. The minimum absolute atomic E-state index is 0.468. The lowest BCUT2D eigenvalue weighted by Gasteiger charge is -2.25. The highest BCUT2D eigenvalue weighted by Gasteiger charge is 2.19. The van der Waals surface area contributed by atoms with Gasteiger partial charge >= 0.3 is 0 Å².